The van der Waals surface area contributed by atoms with Crippen LogP contribution in [0.4, 0.5) is 0 Å². The van der Waals surface area contributed by atoms with Gasteiger partial charge in [-0.25, -0.2) is 0 Å². The summed E-state index contributed by atoms with van der Waals surface area (Å²) < 4.78 is 5.68. The van der Waals surface area contributed by atoms with Crippen LogP contribution in [0.5, 0.6) is 5.75 Å². The number of imide groups is 1. The first kappa shape index (κ1) is 23.3. The van der Waals surface area contributed by atoms with Gasteiger partial charge in [0.15, 0.2) is 5.96 Å². The maximum absolute atomic E-state index is 12.7. The number of hydrogen-bond donors (Lipinski definition) is 2. The minimum Gasteiger partial charge on any atom is -0.489 e. The molecule has 0 radical (unpaired) electrons. The number of halogens is 1. The highest BCUT2D eigenvalue weighted by Gasteiger charge is 2.58. The summed E-state index contributed by atoms with van der Waals surface area (Å²) >= 11 is 0. The van der Waals surface area contributed by atoms with E-state index in [9.17, 15) is 9.59 Å². The van der Waals surface area contributed by atoms with Crippen LogP contribution in [0.15, 0.2) is 54.1 Å². The van der Waals surface area contributed by atoms with Gasteiger partial charge in [-0.15, -0.1) is 24.0 Å². The second-order valence-corrected chi connectivity index (χ2v) is 7.89. The molecule has 2 bridgehead atoms. The standard InChI is InChI=1S/C23H28N4O3.HI/c1-3-12-30-18-7-5-4-6-17(18)14-26-23(24-2)25-10-11-27-21(28)19-15-8-9-16(13-15)20(19)22(27)29;/h3-9,15-16,19-20H,1,10-14H2,2H3,(H2,24,25,26);1H. The van der Waals surface area contributed by atoms with Gasteiger partial charge in [0.2, 0.25) is 11.8 Å². The molecule has 4 rings (SSSR count). The monoisotopic (exact) mass is 536 g/mol. The zero-order valence-corrected chi connectivity index (χ0v) is 20.0. The highest BCUT2D eigenvalue weighted by Crippen LogP contribution is 2.52. The lowest BCUT2D eigenvalue weighted by Gasteiger charge is -2.19. The maximum Gasteiger partial charge on any atom is 0.233 e. The van der Waals surface area contributed by atoms with Crippen molar-refractivity contribution in [2.45, 2.75) is 13.0 Å². The quantitative estimate of drug-likeness (QED) is 0.175. The zero-order chi connectivity index (χ0) is 21.1. The Balaban J connectivity index is 0.00000272. The first-order valence-corrected chi connectivity index (χ1v) is 10.4. The number of ether oxygens (including phenoxy) is 1. The molecule has 8 heteroatoms. The Morgan fingerprint density at radius 2 is 1.87 bits per heavy atom. The number of carbonyl (C=O) groups is 2. The molecule has 4 unspecified atom stereocenters. The summed E-state index contributed by atoms with van der Waals surface area (Å²) in [6, 6.07) is 7.79. The maximum atomic E-state index is 12.7. The Morgan fingerprint density at radius 3 is 2.52 bits per heavy atom. The summed E-state index contributed by atoms with van der Waals surface area (Å²) in [4.78, 5) is 31.1. The number of amides is 2. The van der Waals surface area contributed by atoms with Crippen LogP contribution in [-0.2, 0) is 16.1 Å². The fraction of sp³-hybridized carbons (Fsp3) is 0.435. The minimum absolute atomic E-state index is 0. The predicted octanol–water partition coefficient (Wildman–Crippen LogP) is 2.34. The van der Waals surface area contributed by atoms with Gasteiger partial charge in [-0.05, 0) is 24.3 Å². The smallest absolute Gasteiger partial charge is 0.233 e. The third-order valence-electron chi connectivity index (χ3n) is 6.19. The molecule has 0 aromatic heterocycles. The number of rotatable bonds is 8. The van der Waals surface area contributed by atoms with Crippen LogP contribution in [-0.4, -0.2) is 49.4 Å². The topological polar surface area (TPSA) is 83.0 Å². The van der Waals surface area contributed by atoms with Crippen molar-refractivity contribution in [2.24, 2.45) is 28.7 Å². The van der Waals surface area contributed by atoms with E-state index in [0.29, 0.717) is 32.2 Å². The summed E-state index contributed by atoms with van der Waals surface area (Å²) in [7, 11) is 1.69. The Bertz CT molecular complexity index is 871. The SMILES string of the molecule is C=CCOc1ccccc1CNC(=NC)NCCN1C(=O)C2C3C=CC(C3)C2C1=O.I. The number of nitrogens with zero attached hydrogens (tertiary/aromatic N) is 2. The van der Waals surface area contributed by atoms with Gasteiger partial charge in [0.05, 0.1) is 11.8 Å². The fourth-order valence-electron chi connectivity index (χ4n) is 4.81. The van der Waals surface area contributed by atoms with E-state index >= 15 is 0 Å². The average Bonchev–Trinajstić information content (AvgIpc) is 3.44. The lowest BCUT2D eigenvalue weighted by atomic mass is 9.85. The third kappa shape index (κ3) is 4.63. The van der Waals surface area contributed by atoms with Crippen molar-refractivity contribution >= 4 is 41.8 Å². The van der Waals surface area contributed by atoms with E-state index in [-0.39, 0.29) is 59.5 Å². The van der Waals surface area contributed by atoms with Crippen molar-refractivity contribution in [3.63, 3.8) is 0 Å². The van der Waals surface area contributed by atoms with Gasteiger partial charge in [-0.3, -0.25) is 19.5 Å². The number of guanidine groups is 1. The molecule has 1 aromatic carbocycles. The minimum atomic E-state index is -0.142. The number of nitrogens with one attached hydrogen (secondary N) is 2. The van der Waals surface area contributed by atoms with Gasteiger partial charge in [0.1, 0.15) is 12.4 Å². The van der Waals surface area contributed by atoms with Crippen LogP contribution >= 0.6 is 24.0 Å². The molecule has 2 fully saturated rings. The molecule has 31 heavy (non-hydrogen) atoms. The van der Waals surface area contributed by atoms with E-state index in [1.165, 1.54) is 4.90 Å². The van der Waals surface area contributed by atoms with Crippen LogP contribution < -0.4 is 15.4 Å². The van der Waals surface area contributed by atoms with Crippen molar-refractivity contribution in [3.8, 4) is 5.75 Å². The summed E-state index contributed by atoms with van der Waals surface area (Å²) in [6.45, 7) is 5.46. The summed E-state index contributed by atoms with van der Waals surface area (Å²) in [5, 5.41) is 6.44. The normalized spacial score (nSPS) is 26.0. The van der Waals surface area contributed by atoms with Gasteiger partial charge in [-0.1, -0.05) is 43.0 Å². The van der Waals surface area contributed by atoms with Crippen LogP contribution in [0.3, 0.4) is 0 Å². The molecule has 2 aliphatic carbocycles. The molecule has 0 spiro atoms. The number of hydrogen-bond acceptors (Lipinski definition) is 4. The molecular formula is C23H29IN4O3. The third-order valence-corrected chi connectivity index (χ3v) is 6.19. The van der Waals surface area contributed by atoms with Gasteiger partial charge in [0, 0.05) is 32.2 Å². The highest BCUT2D eigenvalue weighted by atomic mass is 127. The van der Waals surface area contributed by atoms with Crippen molar-refractivity contribution in [3.05, 3.63) is 54.6 Å². The van der Waals surface area contributed by atoms with Crippen molar-refractivity contribution in [1.29, 1.82) is 0 Å². The largest absolute Gasteiger partial charge is 0.489 e. The van der Waals surface area contributed by atoms with Crippen LogP contribution in [0, 0.1) is 23.7 Å². The van der Waals surface area contributed by atoms with E-state index in [4.69, 9.17) is 4.74 Å². The second kappa shape index (κ2) is 10.3. The van der Waals surface area contributed by atoms with Crippen molar-refractivity contribution in [2.75, 3.05) is 26.7 Å². The lowest BCUT2D eigenvalue weighted by molar-refractivity contribution is -0.140. The fourth-order valence-corrected chi connectivity index (χ4v) is 4.81. The molecule has 2 amide bonds. The summed E-state index contributed by atoms with van der Waals surface area (Å²) in [5.41, 5.74) is 1.00. The average molecular weight is 536 g/mol. The van der Waals surface area contributed by atoms with E-state index in [1.54, 1.807) is 13.1 Å². The molecule has 2 N–H and O–H groups in total. The van der Waals surface area contributed by atoms with E-state index in [2.05, 4.69) is 34.4 Å². The second-order valence-electron chi connectivity index (χ2n) is 7.89. The number of likely N-dealkylation sites (tertiary alicyclic amines) is 1. The van der Waals surface area contributed by atoms with Crippen molar-refractivity contribution < 1.29 is 14.3 Å². The number of aliphatic imine (C=N–C) groups is 1. The van der Waals surface area contributed by atoms with Crippen LogP contribution in [0.2, 0.25) is 0 Å². The molecule has 1 aromatic rings. The van der Waals surface area contributed by atoms with E-state index < -0.39 is 0 Å². The highest BCUT2D eigenvalue weighted by molar-refractivity contribution is 14.0. The summed E-state index contributed by atoms with van der Waals surface area (Å²) in [6.07, 6.45) is 6.89. The molecule has 7 nitrogen and oxygen atoms in total. The van der Waals surface area contributed by atoms with Gasteiger partial charge < -0.3 is 15.4 Å². The number of carbonyl (C=O) groups excluding carboxylic acids is 2. The molecule has 4 atom stereocenters. The number of allylic oxidation sites excluding steroid dienone is 2. The van der Waals surface area contributed by atoms with Gasteiger partial charge in [-0.2, -0.15) is 0 Å². The Labute approximate surface area is 200 Å². The number of fused-ring (bicyclic) bond motifs is 5. The van der Waals surface area contributed by atoms with Gasteiger partial charge in [0.25, 0.3) is 0 Å². The van der Waals surface area contributed by atoms with E-state index in [1.807, 2.05) is 24.3 Å². The Morgan fingerprint density at radius 1 is 1.19 bits per heavy atom. The number of para-hydroxylation sites is 1. The van der Waals surface area contributed by atoms with Crippen molar-refractivity contribution in [1.82, 2.24) is 15.5 Å². The van der Waals surface area contributed by atoms with Crippen LogP contribution in [0.1, 0.15) is 12.0 Å². The summed E-state index contributed by atoms with van der Waals surface area (Å²) in [5.74, 6) is 1.58. The predicted molar refractivity (Wildman–Crippen MR) is 130 cm³/mol. The first-order valence-electron chi connectivity index (χ1n) is 10.4. The van der Waals surface area contributed by atoms with E-state index in [0.717, 1.165) is 17.7 Å². The van der Waals surface area contributed by atoms with Crippen LogP contribution in [0.25, 0.3) is 0 Å². The molecule has 1 saturated heterocycles. The first-order chi connectivity index (χ1) is 14.6. The molecule has 166 valence electrons. The van der Waals surface area contributed by atoms with Gasteiger partial charge >= 0.3 is 0 Å². The molecule has 1 saturated carbocycles. The Kier molecular flexibility index (Phi) is 7.74. The molecule has 3 aliphatic rings. The molecule has 1 aliphatic heterocycles. The zero-order valence-electron chi connectivity index (χ0n) is 17.6. The Hall–Kier alpha value is -2.36. The molecular weight excluding hydrogens is 507 g/mol. The molecule has 1 heterocycles. The number of benzene rings is 1. The lowest BCUT2D eigenvalue weighted by Crippen LogP contribution is -2.43.